The second kappa shape index (κ2) is 5.78. The lowest BCUT2D eigenvalue weighted by molar-refractivity contribution is -0.124. The largest absolute Gasteiger partial charge is 0.381 e. The van der Waals surface area contributed by atoms with E-state index in [1.807, 2.05) is 0 Å². The Balaban J connectivity index is 1.71. The van der Waals surface area contributed by atoms with E-state index >= 15 is 0 Å². The molecule has 0 amide bonds. The number of hydrogen-bond donors (Lipinski definition) is 0. The van der Waals surface area contributed by atoms with Crippen molar-refractivity contribution in [3.05, 3.63) is 0 Å². The van der Waals surface area contributed by atoms with Crippen molar-refractivity contribution in [1.82, 2.24) is 4.90 Å². The summed E-state index contributed by atoms with van der Waals surface area (Å²) in [5.41, 5.74) is 0. The summed E-state index contributed by atoms with van der Waals surface area (Å²) in [5.74, 6) is 1.47. The highest BCUT2D eigenvalue weighted by Crippen LogP contribution is 2.21. The average molecular weight is 225 g/mol. The number of Topliss-reactive ketones (excluding diaryl/α,β-unsaturated/α-hetero) is 1. The molecule has 0 N–H and O–H groups in total. The van der Waals surface area contributed by atoms with Crippen LogP contribution in [0, 0.1) is 11.8 Å². The van der Waals surface area contributed by atoms with Crippen LogP contribution in [0.15, 0.2) is 0 Å². The average Bonchev–Trinajstić information content (AvgIpc) is 2.83. The first-order chi connectivity index (χ1) is 7.79. The fourth-order valence-electron chi connectivity index (χ4n) is 2.69. The molecule has 0 spiro atoms. The van der Waals surface area contributed by atoms with Crippen LogP contribution in [-0.4, -0.2) is 43.5 Å². The highest BCUT2D eigenvalue weighted by Gasteiger charge is 2.26. The second-order valence-corrected chi connectivity index (χ2v) is 5.15. The molecule has 2 fully saturated rings. The monoisotopic (exact) mass is 225 g/mol. The van der Waals surface area contributed by atoms with E-state index in [-0.39, 0.29) is 5.92 Å². The highest BCUT2D eigenvalue weighted by atomic mass is 16.5. The summed E-state index contributed by atoms with van der Waals surface area (Å²) < 4.78 is 5.26. The molecule has 0 aromatic heterocycles. The Morgan fingerprint density at radius 3 is 2.62 bits per heavy atom. The Morgan fingerprint density at radius 2 is 2.06 bits per heavy atom. The summed E-state index contributed by atoms with van der Waals surface area (Å²) in [6.07, 6.45) is 4.76. The van der Waals surface area contributed by atoms with Crippen LogP contribution in [0.2, 0.25) is 0 Å². The number of hydrogen-bond acceptors (Lipinski definition) is 3. The van der Waals surface area contributed by atoms with Crippen LogP contribution in [0.3, 0.4) is 0 Å². The van der Waals surface area contributed by atoms with E-state index in [1.165, 1.54) is 19.3 Å². The van der Waals surface area contributed by atoms with Gasteiger partial charge in [0.05, 0.1) is 13.2 Å². The fraction of sp³-hybridized carbons (Fsp3) is 0.923. The minimum absolute atomic E-state index is 0.184. The first kappa shape index (κ1) is 12.1. The standard InChI is InChI=1S/C13H23NO2/c1-2-11-3-6-14(7-4-11)9-13(15)12-5-8-16-10-12/h11-12H,2-10H2,1H3. The normalized spacial score (nSPS) is 28.4. The molecule has 92 valence electrons. The van der Waals surface area contributed by atoms with Gasteiger partial charge >= 0.3 is 0 Å². The predicted octanol–water partition coefficient (Wildman–Crippen LogP) is 1.71. The van der Waals surface area contributed by atoms with Gasteiger partial charge in [0.15, 0.2) is 5.78 Å². The molecule has 3 heteroatoms. The first-order valence-corrected chi connectivity index (χ1v) is 6.62. The lowest BCUT2D eigenvalue weighted by atomic mass is 9.94. The lowest BCUT2D eigenvalue weighted by Gasteiger charge is -2.31. The van der Waals surface area contributed by atoms with E-state index in [0.29, 0.717) is 18.9 Å². The molecular formula is C13H23NO2. The summed E-state index contributed by atoms with van der Waals surface area (Å²) in [6.45, 7) is 6.57. The van der Waals surface area contributed by atoms with Crippen molar-refractivity contribution in [1.29, 1.82) is 0 Å². The molecule has 0 radical (unpaired) electrons. The number of ether oxygens (including phenoxy) is 1. The number of ketones is 1. The third kappa shape index (κ3) is 3.05. The van der Waals surface area contributed by atoms with E-state index < -0.39 is 0 Å². The smallest absolute Gasteiger partial charge is 0.152 e. The summed E-state index contributed by atoms with van der Waals surface area (Å²) in [5, 5.41) is 0. The zero-order valence-electron chi connectivity index (χ0n) is 10.3. The number of likely N-dealkylation sites (tertiary alicyclic amines) is 1. The van der Waals surface area contributed by atoms with Gasteiger partial charge in [-0.05, 0) is 38.3 Å². The van der Waals surface area contributed by atoms with Gasteiger partial charge in [-0.1, -0.05) is 13.3 Å². The number of piperidine rings is 1. The fourth-order valence-corrected chi connectivity index (χ4v) is 2.69. The number of carbonyl (C=O) groups is 1. The Bertz CT molecular complexity index is 228. The maximum absolute atomic E-state index is 11.9. The van der Waals surface area contributed by atoms with Crippen LogP contribution in [-0.2, 0) is 9.53 Å². The Hall–Kier alpha value is -0.410. The Labute approximate surface area is 98.1 Å². The Morgan fingerprint density at radius 1 is 1.31 bits per heavy atom. The van der Waals surface area contributed by atoms with E-state index in [4.69, 9.17) is 4.74 Å². The van der Waals surface area contributed by atoms with E-state index in [0.717, 1.165) is 32.0 Å². The maximum atomic E-state index is 11.9. The van der Waals surface area contributed by atoms with Gasteiger partial charge in [0.2, 0.25) is 0 Å². The van der Waals surface area contributed by atoms with E-state index in [1.54, 1.807) is 0 Å². The van der Waals surface area contributed by atoms with Crippen LogP contribution in [0.4, 0.5) is 0 Å². The van der Waals surface area contributed by atoms with Crippen molar-refractivity contribution in [2.75, 3.05) is 32.8 Å². The molecule has 0 saturated carbocycles. The van der Waals surface area contributed by atoms with Crippen molar-refractivity contribution in [2.45, 2.75) is 32.6 Å². The topological polar surface area (TPSA) is 29.5 Å². The third-order valence-corrected chi connectivity index (χ3v) is 4.05. The molecule has 3 nitrogen and oxygen atoms in total. The van der Waals surface area contributed by atoms with Crippen molar-refractivity contribution in [3.63, 3.8) is 0 Å². The van der Waals surface area contributed by atoms with Crippen molar-refractivity contribution in [3.8, 4) is 0 Å². The number of nitrogens with zero attached hydrogens (tertiary/aromatic N) is 1. The molecule has 1 atom stereocenters. The van der Waals surface area contributed by atoms with Gasteiger partial charge in [0, 0.05) is 12.5 Å². The van der Waals surface area contributed by atoms with Crippen molar-refractivity contribution in [2.24, 2.45) is 11.8 Å². The Kier molecular flexibility index (Phi) is 4.36. The second-order valence-electron chi connectivity index (χ2n) is 5.15. The summed E-state index contributed by atoms with van der Waals surface area (Å²) in [7, 11) is 0. The van der Waals surface area contributed by atoms with Gasteiger partial charge in [-0.2, -0.15) is 0 Å². The minimum Gasteiger partial charge on any atom is -0.381 e. The van der Waals surface area contributed by atoms with Crippen LogP contribution in [0.1, 0.15) is 32.6 Å². The molecule has 2 rings (SSSR count). The van der Waals surface area contributed by atoms with Crippen LogP contribution in [0.25, 0.3) is 0 Å². The van der Waals surface area contributed by atoms with Gasteiger partial charge in [0.25, 0.3) is 0 Å². The number of carbonyl (C=O) groups excluding carboxylic acids is 1. The molecule has 2 heterocycles. The quantitative estimate of drug-likeness (QED) is 0.729. The molecule has 16 heavy (non-hydrogen) atoms. The van der Waals surface area contributed by atoms with Gasteiger partial charge in [-0.25, -0.2) is 0 Å². The summed E-state index contributed by atoms with van der Waals surface area (Å²) in [4.78, 5) is 14.3. The van der Waals surface area contributed by atoms with E-state index in [2.05, 4.69) is 11.8 Å². The van der Waals surface area contributed by atoms with Gasteiger partial charge in [-0.3, -0.25) is 9.69 Å². The molecule has 0 bridgehead atoms. The van der Waals surface area contributed by atoms with Crippen LogP contribution >= 0.6 is 0 Å². The van der Waals surface area contributed by atoms with E-state index in [9.17, 15) is 4.79 Å². The predicted molar refractivity (Wildman–Crippen MR) is 63.4 cm³/mol. The molecule has 2 aliphatic rings. The molecule has 0 aliphatic carbocycles. The SMILES string of the molecule is CCC1CCN(CC(=O)C2CCOC2)CC1. The van der Waals surface area contributed by atoms with Gasteiger partial charge in [0.1, 0.15) is 0 Å². The minimum atomic E-state index is 0.184. The maximum Gasteiger partial charge on any atom is 0.152 e. The molecule has 1 unspecified atom stereocenters. The first-order valence-electron chi connectivity index (χ1n) is 6.62. The molecule has 0 aromatic carbocycles. The molecule has 2 saturated heterocycles. The molecule has 2 aliphatic heterocycles. The van der Waals surface area contributed by atoms with Crippen molar-refractivity contribution < 1.29 is 9.53 Å². The molecule has 0 aromatic rings. The molecular weight excluding hydrogens is 202 g/mol. The summed E-state index contributed by atoms with van der Waals surface area (Å²) in [6, 6.07) is 0. The zero-order chi connectivity index (χ0) is 11.4. The van der Waals surface area contributed by atoms with Crippen LogP contribution in [0.5, 0.6) is 0 Å². The zero-order valence-corrected chi connectivity index (χ0v) is 10.3. The highest BCUT2D eigenvalue weighted by molar-refractivity contribution is 5.83. The third-order valence-electron chi connectivity index (χ3n) is 4.05. The van der Waals surface area contributed by atoms with Crippen LogP contribution < -0.4 is 0 Å². The number of rotatable bonds is 4. The van der Waals surface area contributed by atoms with Gasteiger partial charge < -0.3 is 4.74 Å². The van der Waals surface area contributed by atoms with Crippen molar-refractivity contribution >= 4 is 5.78 Å². The van der Waals surface area contributed by atoms with Gasteiger partial charge in [-0.15, -0.1) is 0 Å². The lowest BCUT2D eigenvalue weighted by Crippen LogP contribution is -2.39. The summed E-state index contributed by atoms with van der Waals surface area (Å²) >= 11 is 0.